The first-order valence-corrected chi connectivity index (χ1v) is 11.0. The molecule has 0 bridgehead atoms. The molecule has 0 radical (unpaired) electrons. The Morgan fingerprint density at radius 2 is 1.32 bits per heavy atom. The number of benzene rings is 1. The lowest BCUT2D eigenvalue weighted by molar-refractivity contribution is -0.134. The van der Waals surface area contributed by atoms with Crippen LogP contribution in [0, 0.1) is 0 Å². The number of unbranched alkanes of at least 4 members (excludes halogenated alkanes) is 7. The van der Waals surface area contributed by atoms with Gasteiger partial charge in [0.1, 0.15) is 5.75 Å². The fourth-order valence-electron chi connectivity index (χ4n) is 2.85. The summed E-state index contributed by atoms with van der Waals surface area (Å²) in [4.78, 5) is 11.7. The molecular formula is C26H38O2. The maximum atomic E-state index is 11.7. The largest absolute Gasteiger partial charge is 0.427 e. The highest BCUT2D eigenvalue weighted by Crippen LogP contribution is 2.11. The van der Waals surface area contributed by atoms with Crippen molar-refractivity contribution in [2.45, 2.75) is 84.0 Å². The molecule has 0 aliphatic rings. The molecule has 0 saturated carbocycles. The Labute approximate surface area is 172 Å². The van der Waals surface area contributed by atoms with Gasteiger partial charge < -0.3 is 4.74 Å². The van der Waals surface area contributed by atoms with Crippen molar-refractivity contribution in [1.82, 2.24) is 0 Å². The summed E-state index contributed by atoms with van der Waals surface area (Å²) in [5.74, 6) is 0.503. The minimum Gasteiger partial charge on any atom is -0.427 e. The molecule has 2 nitrogen and oxygen atoms in total. The number of carbonyl (C=O) groups excluding carboxylic acids is 1. The first-order chi connectivity index (χ1) is 13.8. The zero-order valence-corrected chi connectivity index (χ0v) is 17.7. The summed E-state index contributed by atoms with van der Waals surface area (Å²) in [6, 6.07) is 9.28. The number of hydrogen-bond acceptors (Lipinski definition) is 2. The van der Waals surface area contributed by atoms with Gasteiger partial charge in [-0.3, -0.25) is 4.79 Å². The Morgan fingerprint density at radius 1 is 0.750 bits per heavy atom. The monoisotopic (exact) mass is 382 g/mol. The van der Waals surface area contributed by atoms with Gasteiger partial charge in [-0.1, -0.05) is 87.3 Å². The average Bonchev–Trinajstić information content (AvgIpc) is 2.71. The zero-order chi connectivity index (χ0) is 20.1. The van der Waals surface area contributed by atoms with E-state index in [1.54, 1.807) is 0 Å². The normalized spacial score (nSPS) is 11.8. The topological polar surface area (TPSA) is 26.3 Å². The van der Waals surface area contributed by atoms with E-state index in [0.717, 1.165) is 32.1 Å². The molecule has 1 aromatic carbocycles. The van der Waals surface area contributed by atoms with Crippen molar-refractivity contribution < 1.29 is 9.53 Å². The lowest BCUT2D eigenvalue weighted by Gasteiger charge is -2.03. The quantitative estimate of drug-likeness (QED) is 0.125. The molecule has 0 heterocycles. The van der Waals surface area contributed by atoms with Gasteiger partial charge in [0, 0.05) is 6.42 Å². The SMILES string of the molecule is CCCCCC=CCC=CCC=CCCCCCCC(=O)Oc1ccccc1. The van der Waals surface area contributed by atoms with Crippen molar-refractivity contribution >= 4 is 5.97 Å². The van der Waals surface area contributed by atoms with Crippen LogP contribution < -0.4 is 4.74 Å². The van der Waals surface area contributed by atoms with Gasteiger partial charge in [0.25, 0.3) is 0 Å². The first-order valence-electron chi connectivity index (χ1n) is 11.0. The van der Waals surface area contributed by atoms with E-state index in [1.807, 2.05) is 30.3 Å². The molecule has 154 valence electrons. The van der Waals surface area contributed by atoms with Crippen molar-refractivity contribution in [2.24, 2.45) is 0 Å². The van der Waals surface area contributed by atoms with E-state index in [2.05, 4.69) is 43.4 Å². The van der Waals surface area contributed by atoms with Gasteiger partial charge in [0.05, 0.1) is 0 Å². The molecule has 0 atom stereocenters. The van der Waals surface area contributed by atoms with E-state index < -0.39 is 0 Å². The van der Waals surface area contributed by atoms with Crippen LogP contribution in [0.1, 0.15) is 84.0 Å². The van der Waals surface area contributed by atoms with Crippen LogP contribution in [-0.2, 0) is 4.79 Å². The molecule has 1 rings (SSSR count). The van der Waals surface area contributed by atoms with Crippen LogP contribution in [-0.4, -0.2) is 5.97 Å². The fraction of sp³-hybridized carbons (Fsp3) is 0.500. The highest BCUT2D eigenvalue weighted by molar-refractivity contribution is 5.72. The summed E-state index contributed by atoms with van der Waals surface area (Å²) in [5, 5.41) is 0. The third-order valence-corrected chi connectivity index (χ3v) is 4.50. The van der Waals surface area contributed by atoms with Gasteiger partial charge in [-0.15, -0.1) is 0 Å². The van der Waals surface area contributed by atoms with Crippen LogP contribution in [0.2, 0.25) is 0 Å². The number of rotatable bonds is 16. The summed E-state index contributed by atoms with van der Waals surface area (Å²) < 4.78 is 5.28. The van der Waals surface area contributed by atoms with Crippen molar-refractivity contribution in [3.8, 4) is 5.75 Å². The van der Waals surface area contributed by atoms with E-state index >= 15 is 0 Å². The highest BCUT2D eigenvalue weighted by atomic mass is 16.5. The summed E-state index contributed by atoms with van der Waals surface area (Å²) in [7, 11) is 0. The minimum atomic E-state index is -0.131. The number of carbonyl (C=O) groups is 1. The molecule has 0 aliphatic heterocycles. The summed E-state index contributed by atoms with van der Waals surface area (Å²) in [5.41, 5.74) is 0. The van der Waals surface area contributed by atoms with Crippen LogP contribution in [0.3, 0.4) is 0 Å². The minimum absolute atomic E-state index is 0.131. The van der Waals surface area contributed by atoms with Crippen molar-refractivity contribution in [1.29, 1.82) is 0 Å². The second-order valence-corrected chi connectivity index (χ2v) is 7.12. The highest BCUT2D eigenvalue weighted by Gasteiger charge is 2.03. The van der Waals surface area contributed by atoms with E-state index in [1.165, 1.54) is 38.5 Å². The smallest absolute Gasteiger partial charge is 0.311 e. The lowest BCUT2D eigenvalue weighted by Crippen LogP contribution is -2.07. The average molecular weight is 383 g/mol. The summed E-state index contributed by atoms with van der Waals surface area (Å²) >= 11 is 0. The lowest BCUT2D eigenvalue weighted by atomic mass is 10.1. The van der Waals surface area contributed by atoms with E-state index in [4.69, 9.17) is 4.74 Å². The van der Waals surface area contributed by atoms with Crippen LogP contribution >= 0.6 is 0 Å². The Hall–Kier alpha value is -2.09. The number of para-hydroxylation sites is 1. The summed E-state index contributed by atoms with van der Waals surface area (Å²) in [6.07, 6.45) is 26.8. The molecule has 0 aromatic heterocycles. The zero-order valence-electron chi connectivity index (χ0n) is 17.7. The molecule has 0 aliphatic carbocycles. The number of ether oxygens (including phenoxy) is 1. The second-order valence-electron chi connectivity index (χ2n) is 7.12. The maximum Gasteiger partial charge on any atom is 0.311 e. The molecule has 0 N–H and O–H groups in total. The Morgan fingerprint density at radius 3 is 1.96 bits per heavy atom. The van der Waals surface area contributed by atoms with Gasteiger partial charge >= 0.3 is 5.97 Å². The first kappa shape index (κ1) is 23.9. The van der Waals surface area contributed by atoms with Crippen LogP contribution in [0.5, 0.6) is 5.75 Å². The predicted octanol–water partition coefficient (Wildman–Crippen LogP) is 7.96. The standard InChI is InChI=1S/C26H38O2/c1-2-3-4-5-6-7-8-9-10-11-12-13-14-15-16-17-21-24-26(27)28-25-22-19-18-20-23-25/h6-7,9-10,12-13,18-20,22-23H,2-5,8,11,14-17,21,24H2,1H3. The van der Waals surface area contributed by atoms with Crippen LogP contribution in [0.4, 0.5) is 0 Å². The van der Waals surface area contributed by atoms with E-state index in [9.17, 15) is 4.79 Å². The predicted molar refractivity (Wildman–Crippen MR) is 121 cm³/mol. The van der Waals surface area contributed by atoms with Gasteiger partial charge in [-0.25, -0.2) is 0 Å². The Kier molecular flexibility index (Phi) is 15.6. The van der Waals surface area contributed by atoms with Gasteiger partial charge in [0.2, 0.25) is 0 Å². The van der Waals surface area contributed by atoms with Gasteiger partial charge in [-0.2, -0.15) is 0 Å². The van der Waals surface area contributed by atoms with Crippen molar-refractivity contribution in [2.75, 3.05) is 0 Å². The molecule has 0 fully saturated rings. The fourth-order valence-corrected chi connectivity index (χ4v) is 2.85. The third-order valence-electron chi connectivity index (χ3n) is 4.50. The Balaban J connectivity index is 1.89. The maximum absolute atomic E-state index is 11.7. The van der Waals surface area contributed by atoms with Crippen LogP contribution in [0.15, 0.2) is 66.8 Å². The number of hydrogen-bond donors (Lipinski definition) is 0. The molecular weight excluding hydrogens is 344 g/mol. The Bertz CT molecular complexity index is 569. The third kappa shape index (κ3) is 15.0. The molecule has 2 heteroatoms. The molecule has 0 saturated heterocycles. The molecule has 0 unspecified atom stereocenters. The number of esters is 1. The van der Waals surface area contributed by atoms with E-state index in [-0.39, 0.29) is 5.97 Å². The molecule has 0 spiro atoms. The van der Waals surface area contributed by atoms with Gasteiger partial charge in [0.15, 0.2) is 0 Å². The van der Waals surface area contributed by atoms with E-state index in [0.29, 0.717) is 12.2 Å². The van der Waals surface area contributed by atoms with Crippen molar-refractivity contribution in [3.05, 3.63) is 66.8 Å². The van der Waals surface area contributed by atoms with Gasteiger partial charge in [-0.05, 0) is 57.1 Å². The molecule has 0 amide bonds. The second kappa shape index (κ2) is 18.3. The molecule has 28 heavy (non-hydrogen) atoms. The molecule has 1 aromatic rings. The van der Waals surface area contributed by atoms with Crippen molar-refractivity contribution in [3.63, 3.8) is 0 Å². The van der Waals surface area contributed by atoms with Crippen LogP contribution in [0.25, 0.3) is 0 Å². The number of allylic oxidation sites excluding steroid dienone is 6. The summed E-state index contributed by atoms with van der Waals surface area (Å²) in [6.45, 7) is 2.24.